The molecule has 0 atom stereocenters. The van der Waals surface area contributed by atoms with Gasteiger partial charge in [0.2, 0.25) is 0 Å². The summed E-state index contributed by atoms with van der Waals surface area (Å²) in [6.07, 6.45) is 0.611. The highest BCUT2D eigenvalue weighted by atomic mass is 16.5. The van der Waals surface area contributed by atoms with Crippen LogP contribution in [0.3, 0.4) is 0 Å². The van der Waals surface area contributed by atoms with E-state index in [1.807, 2.05) is 37.3 Å². The number of aromatic nitrogens is 1. The molecule has 0 bridgehead atoms. The van der Waals surface area contributed by atoms with E-state index in [0.717, 1.165) is 5.75 Å². The van der Waals surface area contributed by atoms with Crippen LogP contribution >= 0.6 is 0 Å². The maximum Gasteiger partial charge on any atom is 0.339 e. The van der Waals surface area contributed by atoms with E-state index in [4.69, 9.17) is 9.47 Å². The van der Waals surface area contributed by atoms with E-state index in [9.17, 15) is 9.59 Å². The molecule has 0 aliphatic carbocycles. The summed E-state index contributed by atoms with van der Waals surface area (Å²) in [7, 11) is 3.04. The molecule has 134 valence electrons. The maximum absolute atomic E-state index is 12.7. The molecule has 1 amide bonds. The predicted molar refractivity (Wildman–Crippen MR) is 95.1 cm³/mol. The largest absolute Gasteiger partial charge is 0.492 e. The highest BCUT2D eigenvalue weighted by molar-refractivity contribution is 6.00. The normalized spacial score (nSPS) is 10.4. The van der Waals surface area contributed by atoms with E-state index < -0.39 is 5.97 Å². The summed E-state index contributed by atoms with van der Waals surface area (Å²) < 4.78 is 10.4. The van der Waals surface area contributed by atoms with Gasteiger partial charge in [-0.25, -0.2) is 4.79 Å². The molecule has 1 heterocycles. The number of hydrogen-bond acceptors (Lipinski definition) is 4. The summed E-state index contributed by atoms with van der Waals surface area (Å²) in [6, 6.07) is 9.45. The van der Waals surface area contributed by atoms with Crippen LogP contribution in [0, 0.1) is 6.92 Å². The zero-order chi connectivity index (χ0) is 18.4. The van der Waals surface area contributed by atoms with Crippen LogP contribution in [-0.4, -0.2) is 49.1 Å². The first kappa shape index (κ1) is 18.6. The van der Waals surface area contributed by atoms with Crippen molar-refractivity contribution in [3.8, 4) is 5.75 Å². The third kappa shape index (κ3) is 4.21. The molecule has 0 unspecified atom stereocenters. The Bertz CT molecular complexity index is 737. The van der Waals surface area contributed by atoms with Gasteiger partial charge in [-0.1, -0.05) is 25.1 Å². The lowest BCUT2D eigenvalue weighted by molar-refractivity contribution is 0.0599. The van der Waals surface area contributed by atoms with E-state index in [2.05, 4.69) is 4.98 Å². The molecule has 0 aliphatic rings. The minimum absolute atomic E-state index is 0.181. The van der Waals surface area contributed by atoms with Gasteiger partial charge in [-0.15, -0.1) is 0 Å². The van der Waals surface area contributed by atoms with Crippen molar-refractivity contribution in [2.24, 2.45) is 0 Å². The van der Waals surface area contributed by atoms with Crippen molar-refractivity contribution in [2.75, 3.05) is 27.3 Å². The number of rotatable bonds is 7. The zero-order valence-corrected chi connectivity index (χ0v) is 15.1. The number of aromatic amines is 1. The lowest BCUT2D eigenvalue weighted by Crippen LogP contribution is -2.31. The van der Waals surface area contributed by atoms with Crippen molar-refractivity contribution in [2.45, 2.75) is 20.3 Å². The van der Waals surface area contributed by atoms with Crippen molar-refractivity contribution >= 4 is 11.9 Å². The van der Waals surface area contributed by atoms with Crippen LogP contribution in [0.15, 0.2) is 30.3 Å². The number of likely N-dealkylation sites (N-methyl/N-ethyl adjacent to an activating group) is 1. The molecule has 6 nitrogen and oxygen atoms in total. The summed E-state index contributed by atoms with van der Waals surface area (Å²) in [4.78, 5) is 29.3. The lowest BCUT2D eigenvalue weighted by Gasteiger charge is -2.17. The van der Waals surface area contributed by atoms with Crippen LogP contribution in [0.4, 0.5) is 0 Å². The first-order valence-corrected chi connectivity index (χ1v) is 8.22. The number of carbonyl (C=O) groups is 2. The highest BCUT2D eigenvalue weighted by Crippen LogP contribution is 2.21. The van der Waals surface area contributed by atoms with Gasteiger partial charge in [0.1, 0.15) is 18.1 Å². The molecule has 1 aromatic carbocycles. The first-order chi connectivity index (χ1) is 12.0. The van der Waals surface area contributed by atoms with E-state index >= 15 is 0 Å². The molecule has 0 radical (unpaired) electrons. The van der Waals surface area contributed by atoms with Crippen molar-refractivity contribution in [1.82, 2.24) is 9.88 Å². The minimum atomic E-state index is -0.431. The zero-order valence-electron chi connectivity index (χ0n) is 15.1. The number of esters is 1. The van der Waals surface area contributed by atoms with Gasteiger partial charge in [0.15, 0.2) is 0 Å². The quantitative estimate of drug-likeness (QED) is 0.784. The van der Waals surface area contributed by atoms with Gasteiger partial charge in [-0.2, -0.15) is 0 Å². The van der Waals surface area contributed by atoms with Crippen molar-refractivity contribution in [1.29, 1.82) is 0 Å². The fourth-order valence-electron chi connectivity index (χ4n) is 2.63. The molecular weight excluding hydrogens is 320 g/mol. The number of hydrogen-bond donors (Lipinski definition) is 1. The van der Waals surface area contributed by atoms with Crippen LogP contribution in [0.5, 0.6) is 5.75 Å². The van der Waals surface area contributed by atoms with Crippen LogP contribution in [0.2, 0.25) is 0 Å². The van der Waals surface area contributed by atoms with Crippen molar-refractivity contribution in [3.05, 3.63) is 52.8 Å². The molecule has 0 saturated heterocycles. The number of nitrogens with one attached hydrogen (secondary N) is 1. The third-order valence-corrected chi connectivity index (χ3v) is 4.07. The van der Waals surface area contributed by atoms with Gasteiger partial charge in [-0.05, 0) is 31.0 Å². The van der Waals surface area contributed by atoms with Crippen molar-refractivity contribution < 1.29 is 19.1 Å². The number of para-hydroxylation sites is 1. The van der Waals surface area contributed by atoms with Crippen LogP contribution in [-0.2, 0) is 11.2 Å². The Balaban J connectivity index is 2.06. The number of amides is 1. The summed E-state index contributed by atoms with van der Waals surface area (Å²) >= 11 is 0. The number of methoxy groups -OCH3 is 1. The second kappa shape index (κ2) is 8.37. The third-order valence-electron chi connectivity index (χ3n) is 4.07. The standard InChI is InChI=1S/C19H24N2O4/c1-5-15-16(19(23)24-4)13(2)17(20-15)18(22)21(3)11-12-25-14-9-7-6-8-10-14/h6-10,20H,5,11-12H2,1-4H3. The van der Waals surface area contributed by atoms with Gasteiger partial charge in [0.25, 0.3) is 5.91 Å². The van der Waals surface area contributed by atoms with Gasteiger partial charge in [0, 0.05) is 12.7 Å². The average Bonchev–Trinajstić information content (AvgIpc) is 2.97. The molecule has 0 spiro atoms. The number of H-pyrrole nitrogens is 1. The average molecular weight is 344 g/mol. The Morgan fingerprint density at radius 2 is 1.88 bits per heavy atom. The van der Waals surface area contributed by atoms with Gasteiger partial charge in [-0.3, -0.25) is 4.79 Å². The topological polar surface area (TPSA) is 71.6 Å². The van der Waals surface area contributed by atoms with E-state index in [1.165, 1.54) is 7.11 Å². The molecule has 0 saturated carbocycles. The number of ether oxygens (including phenoxy) is 2. The maximum atomic E-state index is 12.7. The fourth-order valence-corrected chi connectivity index (χ4v) is 2.63. The number of benzene rings is 1. The Morgan fingerprint density at radius 3 is 2.48 bits per heavy atom. The van der Waals surface area contributed by atoms with Crippen molar-refractivity contribution in [3.63, 3.8) is 0 Å². The minimum Gasteiger partial charge on any atom is -0.492 e. The number of nitrogens with zero attached hydrogens (tertiary/aromatic N) is 1. The Morgan fingerprint density at radius 1 is 1.20 bits per heavy atom. The molecule has 2 aromatic rings. The smallest absolute Gasteiger partial charge is 0.339 e. The summed E-state index contributed by atoms with van der Waals surface area (Å²) in [5.41, 5.74) is 2.19. The number of aryl methyl sites for hydroxylation is 1. The Kier molecular flexibility index (Phi) is 6.22. The lowest BCUT2D eigenvalue weighted by atomic mass is 10.1. The fraction of sp³-hybridized carbons (Fsp3) is 0.368. The molecule has 2 rings (SSSR count). The molecule has 25 heavy (non-hydrogen) atoms. The first-order valence-electron chi connectivity index (χ1n) is 8.22. The van der Waals surface area contributed by atoms with E-state index in [0.29, 0.717) is 42.1 Å². The molecule has 6 heteroatoms. The summed E-state index contributed by atoms with van der Waals surface area (Å²) in [5.74, 6) is 0.152. The Labute approximate surface area is 147 Å². The van der Waals surface area contributed by atoms with Gasteiger partial charge >= 0.3 is 5.97 Å². The molecule has 0 aliphatic heterocycles. The van der Waals surface area contributed by atoms with Gasteiger partial charge in [0.05, 0.1) is 19.2 Å². The van der Waals surface area contributed by atoms with Crippen LogP contribution < -0.4 is 4.74 Å². The second-order valence-corrected chi connectivity index (χ2v) is 5.71. The molecule has 0 fully saturated rings. The van der Waals surface area contributed by atoms with Crippen LogP contribution in [0.1, 0.15) is 39.0 Å². The summed E-state index contributed by atoms with van der Waals surface area (Å²) in [5, 5.41) is 0. The predicted octanol–water partition coefficient (Wildman–Crippen LogP) is 2.82. The van der Waals surface area contributed by atoms with Crippen LogP contribution in [0.25, 0.3) is 0 Å². The Hall–Kier alpha value is -2.76. The highest BCUT2D eigenvalue weighted by Gasteiger charge is 2.25. The number of carbonyl (C=O) groups excluding carboxylic acids is 2. The van der Waals surface area contributed by atoms with Gasteiger partial charge < -0.3 is 19.4 Å². The summed E-state index contributed by atoms with van der Waals surface area (Å²) in [6.45, 7) is 4.49. The SMILES string of the molecule is CCc1[nH]c(C(=O)N(C)CCOc2ccccc2)c(C)c1C(=O)OC. The molecular formula is C19H24N2O4. The molecule has 1 aromatic heterocycles. The molecule has 1 N–H and O–H groups in total. The second-order valence-electron chi connectivity index (χ2n) is 5.71. The van der Waals surface area contributed by atoms with E-state index in [-0.39, 0.29) is 5.91 Å². The monoisotopic (exact) mass is 344 g/mol. The van der Waals surface area contributed by atoms with E-state index in [1.54, 1.807) is 18.9 Å².